The number of rotatable bonds is 2. The zero-order valence-electron chi connectivity index (χ0n) is 9.00. The van der Waals surface area contributed by atoms with Crippen LogP contribution in [0.1, 0.15) is 36.0 Å². The van der Waals surface area contributed by atoms with Gasteiger partial charge >= 0.3 is 0 Å². The number of benzene rings is 1. The Hall–Kier alpha value is -1.09. The summed E-state index contributed by atoms with van der Waals surface area (Å²) in [6.45, 7) is 0. The number of allylic oxidation sites excluding steroid dienone is 2. The molecule has 0 unspecified atom stereocenters. The number of carbonyl (C=O) groups excluding carboxylic acids is 1. The summed E-state index contributed by atoms with van der Waals surface area (Å²) in [4.78, 5) is 12.2. The van der Waals surface area contributed by atoms with Gasteiger partial charge in [-0.25, -0.2) is 0 Å². The number of hydrogen-bond donors (Lipinski definition) is 1. The minimum absolute atomic E-state index is 0.0819. The Morgan fingerprint density at radius 2 is 2.12 bits per heavy atom. The van der Waals surface area contributed by atoms with Crippen molar-refractivity contribution < 1.29 is 4.79 Å². The molecule has 2 nitrogen and oxygen atoms in total. The van der Waals surface area contributed by atoms with Crippen molar-refractivity contribution >= 4 is 27.4 Å². The van der Waals surface area contributed by atoms with Crippen LogP contribution in [0.25, 0.3) is 0 Å². The third-order valence-electron chi connectivity index (χ3n) is 2.84. The van der Waals surface area contributed by atoms with Crippen molar-refractivity contribution in [1.82, 2.24) is 0 Å². The topological polar surface area (TPSA) is 43.1 Å². The van der Waals surface area contributed by atoms with E-state index < -0.39 is 0 Å². The van der Waals surface area contributed by atoms with Crippen molar-refractivity contribution in [3.05, 3.63) is 39.9 Å². The van der Waals surface area contributed by atoms with E-state index in [2.05, 4.69) is 15.9 Å². The summed E-state index contributed by atoms with van der Waals surface area (Å²) in [6.07, 6.45) is 6.22. The summed E-state index contributed by atoms with van der Waals surface area (Å²) in [7, 11) is 0. The lowest BCUT2D eigenvalue weighted by Gasteiger charge is -2.12. The molecular formula is C13H14BrNO. The average molecular weight is 280 g/mol. The van der Waals surface area contributed by atoms with E-state index in [0.717, 1.165) is 29.3 Å². The quantitative estimate of drug-likeness (QED) is 0.662. The smallest absolute Gasteiger partial charge is 0.190 e. The summed E-state index contributed by atoms with van der Waals surface area (Å²) < 4.78 is 0.890. The maximum absolute atomic E-state index is 12.2. The highest BCUT2D eigenvalue weighted by Crippen LogP contribution is 2.25. The van der Waals surface area contributed by atoms with Crippen molar-refractivity contribution in [3.63, 3.8) is 0 Å². The number of anilines is 1. The molecule has 84 valence electrons. The van der Waals surface area contributed by atoms with Gasteiger partial charge in [0.2, 0.25) is 0 Å². The van der Waals surface area contributed by atoms with Crippen molar-refractivity contribution in [2.45, 2.75) is 25.7 Å². The second kappa shape index (κ2) is 4.83. The second-order valence-corrected chi connectivity index (χ2v) is 4.95. The summed E-state index contributed by atoms with van der Waals surface area (Å²) in [5, 5.41) is 0. The zero-order valence-corrected chi connectivity index (χ0v) is 10.6. The zero-order chi connectivity index (χ0) is 11.5. The maximum atomic E-state index is 12.2. The molecule has 1 aromatic carbocycles. The van der Waals surface area contributed by atoms with Crippen LogP contribution in [0.4, 0.5) is 5.69 Å². The number of hydrogen-bond acceptors (Lipinski definition) is 2. The first-order valence-electron chi connectivity index (χ1n) is 5.47. The van der Waals surface area contributed by atoms with Crippen molar-refractivity contribution in [2.75, 3.05) is 5.73 Å². The molecule has 3 heteroatoms. The van der Waals surface area contributed by atoms with Crippen LogP contribution in [0.2, 0.25) is 0 Å². The number of nitrogen functional groups attached to an aromatic ring is 1. The van der Waals surface area contributed by atoms with Gasteiger partial charge < -0.3 is 5.73 Å². The minimum Gasteiger partial charge on any atom is -0.398 e. The van der Waals surface area contributed by atoms with Crippen molar-refractivity contribution in [3.8, 4) is 0 Å². The van der Waals surface area contributed by atoms with Crippen LogP contribution in [0.15, 0.2) is 34.3 Å². The van der Waals surface area contributed by atoms with Crippen LogP contribution < -0.4 is 5.73 Å². The van der Waals surface area contributed by atoms with Crippen molar-refractivity contribution in [1.29, 1.82) is 0 Å². The molecule has 0 amide bonds. The van der Waals surface area contributed by atoms with E-state index in [-0.39, 0.29) is 5.78 Å². The number of nitrogens with two attached hydrogens (primary N) is 1. The molecule has 1 aliphatic carbocycles. The Balaban J connectivity index is 2.33. The third kappa shape index (κ3) is 2.35. The summed E-state index contributed by atoms with van der Waals surface area (Å²) in [5.41, 5.74) is 7.91. The SMILES string of the molecule is Nc1ccc(Br)cc1C(=O)C1=CCCCC1. The molecule has 0 spiro atoms. The molecule has 2 rings (SSSR count). The molecule has 1 aromatic rings. The lowest BCUT2D eigenvalue weighted by atomic mass is 9.92. The molecule has 1 aliphatic rings. The fraction of sp³-hybridized carbons (Fsp3) is 0.308. The van der Waals surface area contributed by atoms with Gasteiger partial charge in [0.15, 0.2) is 5.78 Å². The van der Waals surface area contributed by atoms with E-state index in [1.165, 1.54) is 6.42 Å². The van der Waals surface area contributed by atoms with Gasteiger partial charge in [-0.3, -0.25) is 4.79 Å². The number of ketones is 1. The van der Waals surface area contributed by atoms with Crippen LogP contribution >= 0.6 is 15.9 Å². The normalized spacial score (nSPS) is 15.7. The molecule has 0 saturated carbocycles. The Bertz CT molecular complexity index is 451. The van der Waals surface area contributed by atoms with E-state index >= 15 is 0 Å². The van der Waals surface area contributed by atoms with Gasteiger partial charge in [0, 0.05) is 15.7 Å². The average Bonchev–Trinajstić information content (AvgIpc) is 2.32. The fourth-order valence-corrected chi connectivity index (χ4v) is 2.30. The molecule has 0 radical (unpaired) electrons. The molecule has 0 aromatic heterocycles. The fourth-order valence-electron chi connectivity index (χ4n) is 1.94. The van der Waals surface area contributed by atoms with E-state index in [9.17, 15) is 4.79 Å². The van der Waals surface area contributed by atoms with Crippen molar-refractivity contribution in [2.24, 2.45) is 0 Å². The molecule has 0 bridgehead atoms. The predicted octanol–water partition coefficient (Wildman–Crippen LogP) is 3.71. The maximum Gasteiger partial charge on any atom is 0.190 e. The molecule has 0 atom stereocenters. The van der Waals surface area contributed by atoms with E-state index in [0.29, 0.717) is 11.3 Å². The van der Waals surface area contributed by atoms with Crippen LogP contribution in [0.5, 0.6) is 0 Å². The Morgan fingerprint density at radius 3 is 2.81 bits per heavy atom. The molecule has 2 N–H and O–H groups in total. The Kier molecular flexibility index (Phi) is 3.44. The van der Waals surface area contributed by atoms with Crippen LogP contribution in [0.3, 0.4) is 0 Å². The van der Waals surface area contributed by atoms with E-state index in [1.54, 1.807) is 12.1 Å². The summed E-state index contributed by atoms with van der Waals surface area (Å²) in [6, 6.07) is 5.41. The molecule has 16 heavy (non-hydrogen) atoms. The lowest BCUT2D eigenvalue weighted by Crippen LogP contribution is -2.09. The van der Waals surface area contributed by atoms with Gasteiger partial charge in [-0.1, -0.05) is 22.0 Å². The van der Waals surface area contributed by atoms with E-state index in [4.69, 9.17) is 5.73 Å². The van der Waals surface area contributed by atoms with Gasteiger partial charge in [0.05, 0.1) is 0 Å². The third-order valence-corrected chi connectivity index (χ3v) is 3.34. The molecule has 0 heterocycles. The van der Waals surface area contributed by atoms with Crippen LogP contribution in [0, 0.1) is 0 Å². The van der Waals surface area contributed by atoms with Gasteiger partial charge in [0.25, 0.3) is 0 Å². The monoisotopic (exact) mass is 279 g/mol. The highest BCUT2D eigenvalue weighted by Gasteiger charge is 2.16. The summed E-state index contributed by atoms with van der Waals surface area (Å²) >= 11 is 3.36. The van der Waals surface area contributed by atoms with E-state index in [1.807, 2.05) is 12.1 Å². The van der Waals surface area contributed by atoms with Gasteiger partial charge in [-0.05, 0) is 49.5 Å². The lowest BCUT2D eigenvalue weighted by molar-refractivity contribution is 0.102. The number of halogens is 1. The number of carbonyl (C=O) groups is 1. The molecule has 0 aliphatic heterocycles. The summed E-state index contributed by atoms with van der Waals surface area (Å²) in [5.74, 6) is 0.0819. The first-order chi connectivity index (χ1) is 7.68. The first-order valence-corrected chi connectivity index (χ1v) is 6.26. The van der Waals surface area contributed by atoms with Crippen LogP contribution in [-0.4, -0.2) is 5.78 Å². The second-order valence-electron chi connectivity index (χ2n) is 4.04. The highest BCUT2D eigenvalue weighted by atomic mass is 79.9. The standard InChI is InChI=1S/C13H14BrNO/c14-10-6-7-12(15)11(8-10)13(16)9-4-2-1-3-5-9/h4,6-8H,1-3,5,15H2. The Morgan fingerprint density at radius 1 is 1.31 bits per heavy atom. The minimum atomic E-state index is 0.0819. The largest absolute Gasteiger partial charge is 0.398 e. The molecule has 0 fully saturated rings. The molecular weight excluding hydrogens is 266 g/mol. The van der Waals surface area contributed by atoms with Crippen LogP contribution in [-0.2, 0) is 0 Å². The number of Topliss-reactive ketones (excluding diaryl/α,β-unsaturated/α-hetero) is 1. The van der Waals surface area contributed by atoms with Gasteiger partial charge in [-0.15, -0.1) is 0 Å². The highest BCUT2D eigenvalue weighted by molar-refractivity contribution is 9.10. The van der Waals surface area contributed by atoms with Gasteiger partial charge in [-0.2, -0.15) is 0 Å². The first kappa shape index (κ1) is 11.4. The van der Waals surface area contributed by atoms with Gasteiger partial charge in [0.1, 0.15) is 0 Å². The predicted molar refractivity (Wildman–Crippen MR) is 69.4 cm³/mol. The Labute approximate surface area is 104 Å². The molecule has 0 saturated heterocycles.